The van der Waals surface area contributed by atoms with Gasteiger partial charge in [-0.05, 0) is 37.1 Å². The van der Waals surface area contributed by atoms with E-state index in [9.17, 15) is 4.39 Å². The molecule has 0 atom stereocenters. The number of nitrogens with zero attached hydrogens (tertiary/aromatic N) is 3. The molecule has 0 bridgehead atoms. The Morgan fingerprint density at radius 2 is 2.07 bits per heavy atom. The zero-order chi connectivity index (χ0) is 19.8. The Kier molecular flexibility index (Phi) is 7.19. The van der Waals surface area contributed by atoms with Crippen LogP contribution in [0.4, 0.5) is 10.2 Å². The van der Waals surface area contributed by atoms with Gasteiger partial charge >= 0.3 is 0 Å². The lowest BCUT2D eigenvalue weighted by molar-refractivity contribution is 0.122. The fourth-order valence-corrected chi connectivity index (χ4v) is 3.12. The summed E-state index contributed by atoms with van der Waals surface area (Å²) in [6, 6.07) is 9.13. The van der Waals surface area contributed by atoms with Crippen LogP contribution in [0, 0.1) is 12.7 Å². The Morgan fingerprint density at radius 3 is 2.82 bits per heavy atom. The number of morpholine rings is 1. The predicted molar refractivity (Wildman–Crippen MR) is 110 cm³/mol. The number of rotatable bonds is 6. The van der Waals surface area contributed by atoms with Crippen molar-refractivity contribution >= 4 is 11.8 Å². The molecule has 0 saturated carbocycles. The standard InChI is InChI=1S/C21H28FN5O/c1-3-23-21(25-14-17-6-7-19(22)16(2)13-17)26-15-18-5-4-8-24-20(18)27-9-11-28-12-10-27/h4-8,13H,3,9-12,14-15H2,1-2H3,(H2,23,25,26). The van der Waals surface area contributed by atoms with Gasteiger partial charge in [-0.3, -0.25) is 0 Å². The van der Waals surface area contributed by atoms with Crippen LogP contribution in [-0.2, 0) is 17.8 Å². The van der Waals surface area contributed by atoms with Crippen LogP contribution >= 0.6 is 0 Å². The summed E-state index contributed by atoms with van der Waals surface area (Å²) in [5.74, 6) is 1.52. The number of ether oxygens (including phenoxy) is 1. The molecule has 7 heteroatoms. The van der Waals surface area contributed by atoms with E-state index in [1.807, 2.05) is 25.3 Å². The summed E-state index contributed by atoms with van der Waals surface area (Å²) in [4.78, 5) is 11.5. The molecular weight excluding hydrogens is 357 g/mol. The van der Waals surface area contributed by atoms with Gasteiger partial charge in [-0.25, -0.2) is 14.4 Å². The zero-order valence-electron chi connectivity index (χ0n) is 16.5. The van der Waals surface area contributed by atoms with Crippen LogP contribution in [0.3, 0.4) is 0 Å². The van der Waals surface area contributed by atoms with E-state index in [1.165, 1.54) is 6.07 Å². The Bertz CT molecular complexity index is 805. The normalized spacial score (nSPS) is 14.8. The number of halogens is 1. The van der Waals surface area contributed by atoms with E-state index < -0.39 is 0 Å². The first-order valence-electron chi connectivity index (χ1n) is 9.71. The van der Waals surface area contributed by atoms with Crippen molar-refractivity contribution in [3.63, 3.8) is 0 Å². The maximum absolute atomic E-state index is 13.4. The molecule has 1 aromatic heterocycles. The smallest absolute Gasteiger partial charge is 0.191 e. The first kappa shape index (κ1) is 20.1. The molecule has 0 aliphatic carbocycles. The Hall–Kier alpha value is -2.67. The van der Waals surface area contributed by atoms with Crippen molar-refractivity contribution in [3.05, 3.63) is 59.0 Å². The third-order valence-corrected chi connectivity index (χ3v) is 4.61. The second kappa shape index (κ2) is 10.0. The molecule has 28 heavy (non-hydrogen) atoms. The number of aliphatic imine (C=N–C) groups is 1. The number of anilines is 1. The van der Waals surface area contributed by atoms with Crippen LogP contribution in [0.5, 0.6) is 0 Å². The van der Waals surface area contributed by atoms with Crippen LogP contribution in [-0.4, -0.2) is 43.8 Å². The van der Waals surface area contributed by atoms with Crippen molar-refractivity contribution in [2.45, 2.75) is 26.9 Å². The SMILES string of the molecule is CCNC(=NCc1ccc(F)c(C)c1)NCc1cccnc1N1CCOCC1. The minimum absolute atomic E-state index is 0.190. The van der Waals surface area contributed by atoms with Crippen LogP contribution < -0.4 is 15.5 Å². The second-order valence-electron chi connectivity index (χ2n) is 6.72. The van der Waals surface area contributed by atoms with Gasteiger partial charge in [-0.2, -0.15) is 0 Å². The molecule has 2 N–H and O–H groups in total. The van der Waals surface area contributed by atoms with Gasteiger partial charge in [-0.1, -0.05) is 18.2 Å². The van der Waals surface area contributed by atoms with Gasteiger partial charge in [-0.15, -0.1) is 0 Å². The molecule has 6 nitrogen and oxygen atoms in total. The van der Waals surface area contributed by atoms with E-state index in [4.69, 9.17) is 4.74 Å². The van der Waals surface area contributed by atoms with Crippen molar-refractivity contribution in [1.29, 1.82) is 0 Å². The Balaban J connectivity index is 1.67. The number of hydrogen-bond donors (Lipinski definition) is 2. The maximum atomic E-state index is 13.4. The molecule has 1 saturated heterocycles. The summed E-state index contributed by atoms with van der Waals surface area (Å²) >= 11 is 0. The number of nitrogens with one attached hydrogen (secondary N) is 2. The highest BCUT2D eigenvalue weighted by atomic mass is 19.1. The van der Waals surface area contributed by atoms with Crippen molar-refractivity contribution < 1.29 is 9.13 Å². The number of benzene rings is 1. The second-order valence-corrected chi connectivity index (χ2v) is 6.72. The van der Waals surface area contributed by atoms with Crippen LogP contribution in [0.2, 0.25) is 0 Å². The minimum atomic E-state index is -0.190. The first-order valence-corrected chi connectivity index (χ1v) is 9.71. The van der Waals surface area contributed by atoms with Gasteiger partial charge in [0.25, 0.3) is 0 Å². The first-order chi connectivity index (χ1) is 13.7. The number of guanidine groups is 1. The van der Waals surface area contributed by atoms with Gasteiger partial charge in [0.15, 0.2) is 5.96 Å². The highest BCUT2D eigenvalue weighted by Crippen LogP contribution is 2.18. The number of pyridine rings is 1. The largest absolute Gasteiger partial charge is 0.378 e. The Labute approximate surface area is 165 Å². The van der Waals surface area contributed by atoms with Crippen molar-refractivity contribution in [2.24, 2.45) is 4.99 Å². The van der Waals surface area contributed by atoms with E-state index in [-0.39, 0.29) is 5.82 Å². The Morgan fingerprint density at radius 1 is 1.25 bits per heavy atom. The summed E-state index contributed by atoms with van der Waals surface area (Å²) in [5.41, 5.74) is 2.73. The molecule has 2 heterocycles. The lowest BCUT2D eigenvalue weighted by atomic mass is 10.1. The van der Waals surface area contributed by atoms with Gasteiger partial charge in [0.2, 0.25) is 0 Å². The molecule has 2 aromatic rings. The zero-order valence-corrected chi connectivity index (χ0v) is 16.5. The summed E-state index contributed by atoms with van der Waals surface area (Å²) in [6.45, 7) is 8.82. The highest BCUT2D eigenvalue weighted by molar-refractivity contribution is 5.79. The molecule has 0 amide bonds. The van der Waals surface area contributed by atoms with E-state index in [0.717, 1.165) is 55.8 Å². The minimum Gasteiger partial charge on any atom is -0.378 e. The maximum Gasteiger partial charge on any atom is 0.191 e. The molecule has 150 valence electrons. The van der Waals surface area contributed by atoms with Crippen LogP contribution in [0.15, 0.2) is 41.5 Å². The molecule has 0 radical (unpaired) electrons. The third kappa shape index (κ3) is 5.42. The third-order valence-electron chi connectivity index (χ3n) is 4.61. The van der Waals surface area contributed by atoms with Gasteiger partial charge in [0.05, 0.1) is 19.8 Å². The topological polar surface area (TPSA) is 61.8 Å². The predicted octanol–water partition coefficient (Wildman–Crippen LogP) is 2.62. The number of hydrogen-bond acceptors (Lipinski definition) is 4. The number of aromatic nitrogens is 1. The summed E-state index contributed by atoms with van der Waals surface area (Å²) in [7, 11) is 0. The van der Waals surface area contributed by atoms with Gasteiger partial charge in [0, 0.05) is 37.9 Å². The molecule has 0 spiro atoms. The summed E-state index contributed by atoms with van der Waals surface area (Å²) in [5, 5.41) is 6.64. The molecule has 1 fully saturated rings. The average Bonchev–Trinajstić information content (AvgIpc) is 2.73. The van der Waals surface area contributed by atoms with E-state index in [0.29, 0.717) is 18.7 Å². The van der Waals surface area contributed by atoms with Crippen molar-refractivity contribution in [1.82, 2.24) is 15.6 Å². The lowest BCUT2D eigenvalue weighted by Crippen LogP contribution is -2.39. The quantitative estimate of drug-likeness (QED) is 0.591. The fourth-order valence-electron chi connectivity index (χ4n) is 3.12. The van der Waals surface area contributed by atoms with Crippen LogP contribution in [0.1, 0.15) is 23.6 Å². The molecular formula is C21H28FN5O. The molecule has 1 aliphatic rings. The van der Waals surface area contributed by atoms with Gasteiger partial charge in [0.1, 0.15) is 11.6 Å². The summed E-state index contributed by atoms with van der Waals surface area (Å²) < 4.78 is 18.9. The molecule has 1 aliphatic heterocycles. The van der Waals surface area contributed by atoms with Gasteiger partial charge < -0.3 is 20.3 Å². The molecule has 0 unspecified atom stereocenters. The van der Waals surface area contributed by atoms with Crippen molar-refractivity contribution in [2.75, 3.05) is 37.7 Å². The fraction of sp³-hybridized carbons (Fsp3) is 0.429. The highest BCUT2D eigenvalue weighted by Gasteiger charge is 2.15. The van der Waals surface area contributed by atoms with E-state index >= 15 is 0 Å². The van der Waals surface area contributed by atoms with Crippen LogP contribution in [0.25, 0.3) is 0 Å². The lowest BCUT2D eigenvalue weighted by Gasteiger charge is -2.29. The molecule has 3 rings (SSSR count). The summed E-state index contributed by atoms with van der Waals surface area (Å²) in [6.07, 6.45) is 1.82. The number of aryl methyl sites for hydroxylation is 1. The van der Waals surface area contributed by atoms with E-state index in [2.05, 4.69) is 31.6 Å². The molecule has 1 aromatic carbocycles. The average molecular weight is 385 g/mol. The van der Waals surface area contributed by atoms with Crippen molar-refractivity contribution in [3.8, 4) is 0 Å². The monoisotopic (exact) mass is 385 g/mol. The van der Waals surface area contributed by atoms with E-state index in [1.54, 1.807) is 13.0 Å².